The molecule has 0 bridgehead atoms. The first-order valence-corrected chi connectivity index (χ1v) is 9.40. The molecule has 29 heavy (non-hydrogen) atoms. The van der Waals surface area contributed by atoms with Crippen LogP contribution in [0.25, 0.3) is 0 Å². The van der Waals surface area contributed by atoms with Crippen molar-refractivity contribution < 1.29 is 4.79 Å². The number of anilines is 1. The highest BCUT2D eigenvalue weighted by atomic mass is 16.2. The average molecular weight is 393 g/mol. The average Bonchev–Trinajstić information content (AvgIpc) is 3.46. The van der Waals surface area contributed by atoms with E-state index in [1.807, 2.05) is 48.6 Å². The normalized spacial score (nSPS) is 11.1. The largest absolute Gasteiger partial charge is 0.318 e. The van der Waals surface area contributed by atoms with Crippen molar-refractivity contribution in [1.82, 2.24) is 39.1 Å². The van der Waals surface area contributed by atoms with Crippen LogP contribution in [-0.4, -0.2) is 45.0 Å². The standard InChI is InChI=1S/C19H23N9O/c1-4-25-10-16(8-20-25)11-27-12-17(9-21-27)22-19(29)18-5-6-26(24-18)13-28-15(3)7-14(2)23-28/h5-10,12H,4,11,13H2,1-3H3,(H,22,29). The Hall–Kier alpha value is -3.69. The highest BCUT2D eigenvalue weighted by molar-refractivity contribution is 6.02. The molecule has 0 aliphatic heterocycles. The van der Waals surface area contributed by atoms with Crippen molar-refractivity contribution in [3.05, 3.63) is 65.8 Å². The Balaban J connectivity index is 1.38. The quantitative estimate of drug-likeness (QED) is 0.517. The van der Waals surface area contributed by atoms with Gasteiger partial charge in [0.2, 0.25) is 0 Å². The Labute approximate surface area is 167 Å². The molecule has 4 heterocycles. The number of aryl methyl sites for hydroxylation is 3. The third-order valence-corrected chi connectivity index (χ3v) is 4.50. The maximum atomic E-state index is 12.5. The second-order valence-corrected chi connectivity index (χ2v) is 6.89. The number of amides is 1. The zero-order valence-electron chi connectivity index (χ0n) is 16.6. The van der Waals surface area contributed by atoms with Crippen LogP contribution in [0, 0.1) is 13.8 Å². The first-order chi connectivity index (χ1) is 14.0. The number of aromatic nitrogens is 8. The molecule has 4 aromatic rings. The molecule has 0 atom stereocenters. The van der Waals surface area contributed by atoms with Gasteiger partial charge in [-0.2, -0.15) is 20.4 Å². The van der Waals surface area contributed by atoms with Crippen molar-refractivity contribution in [2.24, 2.45) is 0 Å². The van der Waals surface area contributed by atoms with Gasteiger partial charge >= 0.3 is 0 Å². The maximum absolute atomic E-state index is 12.5. The second kappa shape index (κ2) is 7.74. The van der Waals surface area contributed by atoms with Gasteiger partial charge in [-0.3, -0.25) is 18.8 Å². The van der Waals surface area contributed by atoms with Crippen molar-refractivity contribution >= 4 is 11.6 Å². The van der Waals surface area contributed by atoms with Gasteiger partial charge in [-0.25, -0.2) is 4.68 Å². The van der Waals surface area contributed by atoms with E-state index in [0.717, 1.165) is 23.5 Å². The first kappa shape index (κ1) is 18.7. The lowest BCUT2D eigenvalue weighted by atomic mass is 10.3. The zero-order chi connectivity index (χ0) is 20.4. The minimum absolute atomic E-state index is 0.282. The summed E-state index contributed by atoms with van der Waals surface area (Å²) in [4.78, 5) is 12.5. The van der Waals surface area contributed by atoms with Crippen LogP contribution in [0.3, 0.4) is 0 Å². The summed E-state index contributed by atoms with van der Waals surface area (Å²) in [5.74, 6) is -0.282. The van der Waals surface area contributed by atoms with Gasteiger partial charge in [0.05, 0.1) is 30.3 Å². The number of nitrogens with zero attached hydrogens (tertiary/aromatic N) is 8. The summed E-state index contributed by atoms with van der Waals surface area (Å²) < 4.78 is 7.15. The molecule has 10 heteroatoms. The van der Waals surface area contributed by atoms with Crippen LogP contribution >= 0.6 is 0 Å². The van der Waals surface area contributed by atoms with Gasteiger partial charge in [0.25, 0.3) is 5.91 Å². The predicted molar refractivity (Wildman–Crippen MR) is 107 cm³/mol. The van der Waals surface area contributed by atoms with E-state index in [1.54, 1.807) is 34.0 Å². The molecular formula is C19H23N9O. The molecule has 150 valence electrons. The van der Waals surface area contributed by atoms with Gasteiger partial charge < -0.3 is 5.32 Å². The molecule has 0 aromatic carbocycles. The molecule has 1 N–H and O–H groups in total. The molecule has 0 aliphatic rings. The molecule has 0 spiro atoms. The number of hydrogen-bond acceptors (Lipinski definition) is 5. The van der Waals surface area contributed by atoms with Gasteiger partial charge in [-0.15, -0.1) is 0 Å². The van der Waals surface area contributed by atoms with E-state index in [4.69, 9.17) is 0 Å². The molecule has 4 aromatic heterocycles. The van der Waals surface area contributed by atoms with E-state index >= 15 is 0 Å². The molecule has 0 fully saturated rings. The van der Waals surface area contributed by atoms with Crippen molar-refractivity contribution in [2.45, 2.75) is 40.5 Å². The third-order valence-electron chi connectivity index (χ3n) is 4.50. The Morgan fingerprint density at radius 3 is 2.62 bits per heavy atom. The summed E-state index contributed by atoms with van der Waals surface area (Å²) in [5, 5.41) is 20.1. The Bertz CT molecular complexity index is 1130. The third kappa shape index (κ3) is 4.26. The van der Waals surface area contributed by atoms with Crippen molar-refractivity contribution in [2.75, 3.05) is 5.32 Å². The van der Waals surface area contributed by atoms with Crippen LogP contribution in [0.15, 0.2) is 43.1 Å². The van der Waals surface area contributed by atoms with Gasteiger partial charge in [-0.05, 0) is 32.9 Å². The monoisotopic (exact) mass is 393 g/mol. The van der Waals surface area contributed by atoms with Crippen LogP contribution in [0.2, 0.25) is 0 Å². The van der Waals surface area contributed by atoms with E-state index in [1.165, 1.54) is 0 Å². The smallest absolute Gasteiger partial charge is 0.276 e. The molecule has 0 unspecified atom stereocenters. The second-order valence-electron chi connectivity index (χ2n) is 6.89. The number of hydrogen-bond donors (Lipinski definition) is 1. The lowest BCUT2D eigenvalue weighted by molar-refractivity contribution is 0.102. The summed E-state index contributed by atoms with van der Waals surface area (Å²) in [7, 11) is 0. The Morgan fingerprint density at radius 1 is 1.07 bits per heavy atom. The van der Waals surface area contributed by atoms with E-state index in [0.29, 0.717) is 24.6 Å². The fraction of sp³-hybridized carbons (Fsp3) is 0.316. The van der Waals surface area contributed by atoms with Crippen molar-refractivity contribution in [1.29, 1.82) is 0 Å². The number of nitrogens with one attached hydrogen (secondary N) is 1. The fourth-order valence-corrected chi connectivity index (χ4v) is 3.07. The van der Waals surface area contributed by atoms with Gasteiger partial charge in [0.1, 0.15) is 6.67 Å². The fourth-order valence-electron chi connectivity index (χ4n) is 3.07. The number of carbonyl (C=O) groups excluding carboxylic acids is 1. The van der Waals surface area contributed by atoms with Gasteiger partial charge in [0.15, 0.2) is 5.69 Å². The molecule has 10 nitrogen and oxygen atoms in total. The van der Waals surface area contributed by atoms with Crippen molar-refractivity contribution in [3.63, 3.8) is 0 Å². The van der Waals surface area contributed by atoms with Crippen molar-refractivity contribution in [3.8, 4) is 0 Å². The summed E-state index contributed by atoms with van der Waals surface area (Å²) >= 11 is 0. The van der Waals surface area contributed by atoms with Crippen LogP contribution in [0.4, 0.5) is 5.69 Å². The van der Waals surface area contributed by atoms with Gasteiger partial charge in [0, 0.05) is 36.4 Å². The van der Waals surface area contributed by atoms with E-state index in [-0.39, 0.29) is 5.91 Å². The van der Waals surface area contributed by atoms with Crippen LogP contribution in [-0.2, 0) is 19.8 Å². The lowest BCUT2D eigenvalue weighted by Gasteiger charge is -2.04. The molecule has 0 radical (unpaired) electrons. The molecule has 4 rings (SSSR count). The van der Waals surface area contributed by atoms with E-state index in [2.05, 4.69) is 25.7 Å². The zero-order valence-corrected chi connectivity index (χ0v) is 16.6. The number of carbonyl (C=O) groups is 1. The molecular weight excluding hydrogens is 370 g/mol. The summed E-state index contributed by atoms with van der Waals surface area (Å²) in [5.41, 5.74) is 4.00. The van der Waals surface area contributed by atoms with E-state index < -0.39 is 0 Å². The minimum Gasteiger partial charge on any atom is -0.318 e. The Kier molecular flexibility index (Phi) is 4.98. The Morgan fingerprint density at radius 2 is 1.90 bits per heavy atom. The van der Waals surface area contributed by atoms with Crippen LogP contribution in [0.1, 0.15) is 34.4 Å². The number of rotatable bonds is 7. The molecule has 0 saturated heterocycles. The molecule has 0 saturated carbocycles. The summed E-state index contributed by atoms with van der Waals surface area (Å²) in [6, 6.07) is 3.69. The van der Waals surface area contributed by atoms with E-state index in [9.17, 15) is 4.79 Å². The molecule has 0 aliphatic carbocycles. The first-order valence-electron chi connectivity index (χ1n) is 9.40. The van der Waals surface area contributed by atoms with Crippen LogP contribution in [0.5, 0.6) is 0 Å². The lowest BCUT2D eigenvalue weighted by Crippen LogP contribution is -2.15. The highest BCUT2D eigenvalue weighted by Crippen LogP contribution is 2.10. The topological polar surface area (TPSA) is 100 Å². The maximum Gasteiger partial charge on any atom is 0.276 e. The minimum atomic E-state index is -0.282. The predicted octanol–water partition coefficient (Wildman–Crippen LogP) is 1.92. The molecule has 1 amide bonds. The summed E-state index contributed by atoms with van der Waals surface area (Å²) in [6.45, 7) is 7.84. The summed E-state index contributed by atoms with van der Waals surface area (Å²) in [6.07, 6.45) is 8.97. The van der Waals surface area contributed by atoms with Gasteiger partial charge in [-0.1, -0.05) is 0 Å². The highest BCUT2D eigenvalue weighted by Gasteiger charge is 2.12. The van der Waals surface area contributed by atoms with Crippen LogP contribution < -0.4 is 5.32 Å². The SMILES string of the molecule is CCn1cc(Cn2cc(NC(=O)c3ccn(Cn4nc(C)cc4C)n3)cn2)cn1.